The highest BCUT2D eigenvalue weighted by molar-refractivity contribution is 7.89. The Morgan fingerprint density at radius 2 is 1.94 bits per heavy atom. The van der Waals surface area contributed by atoms with Crippen LogP contribution in [-0.4, -0.2) is 31.9 Å². The summed E-state index contributed by atoms with van der Waals surface area (Å²) in [6.45, 7) is 3.20. The van der Waals surface area contributed by atoms with Crippen molar-refractivity contribution in [3.8, 4) is 6.07 Å². The summed E-state index contributed by atoms with van der Waals surface area (Å²) in [6.07, 6.45) is 0.609. The summed E-state index contributed by atoms with van der Waals surface area (Å²) in [5, 5.41) is 9.59. The van der Waals surface area contributed by atoms with Gasteiger partial charge in [0.2, 0.25) is 10.0 Å². The molecule has 0 aliphatic carbocycles. The maximum absolute atomic E-state index is 13.7. The van der Waals surface area contributed by atoms with Gasteiger partial charge in [-0.15, -0.1) is 0 Å². The Kier molecular flexibility index (Phi) is 6.71. The fourth-order valence-electron chi connectivity index (χ4n) is 4.14. The van der Waals surface area contributed by atoms with E-state index in [1.807, 2.05) is 37.3 Å². The molecular weight excluding hydrogens is 461 g/mol. The maximum atomic E-state index is 13.7. The smallest absolute Gasteiger partial charge is 0.243 e. The summed E-state index contributed by atoms with van der Waals surface area (Å²) >= 11 is 6.32. The van der Waals surface area contributed by atoms with Crippen molar-refractivity contribution in [2.24, 2.45) is 0 Å². The van der Waals surface area contributed by atoms with E-state index in [0.717, 1.165) is 22.9 Å². The van der Waals surface area contributed by atoms with Gasteiger partial charge in [-0.1, -0.05) is 41.9 Å². The normalized spacial score (nSPS) is 16.5. The van der Waals surface area contributed by atoms with Crippen LogP contribution in [0.2, 0.25) is 5.02 Å². The molecule has 5 nitrogen and oxygen atoms in total. The zero-order valence-corrected chi connectivity index (χ0v) is 19.7. The molecule has 33 heavy (non-hydrogen) atoms. The molecule has 1 saturated heterocycles. The van der Waals surface area contributed by atoms with E-state index in [-0.39, 0.29) is 17.5 Å². The summed E-state index contributed by atoms with van der Waals surface area (Å²) < 4.78 is 41.3. The highest BCUT2D eigenvalue weighted by Gasteiger charge is 2.36. The average Bonchev–Trinajstić information content (AvgIpc) is 3.29. The molecule has 0 unspecified atom stereocenters. The van der Waals surface area contributed by atoms with Crippen LogP contribution in [0.5, 0.6) is 0 Å². The van der Waals surface area contributed by atoms with Crippen LogP contribution in [-0.2, 0) is 16.6 Å². The van der Waals surface area contributed by atoms with E-state index in [1.54, 1.807) is 12.1 Å². The number of anilines is 1. The van der Waals surface area contributed by atoms with Gasteiger partial charge in [-0.05, 0) is 60.9 Å². The molecule has 0 radical (unpaired) electrons. The Morgan fingerprint density at radius 1 is 1.15 bits per heavy atom. The van der Waals surface area contributed by atoms with Gasteiger partial charge in [-0.3, -0.25) is 0 Å². The molecule has 0 spiro atoms. The van der Waals surface area contributed by atoms with Gasteiger partial charge in [-0.2, -0.15) is 9.57 Å². The molecule has 1 fully saturated rings. The Hall–Kier alpha value is -2.92. The van der Waals surface area contributed by atoms with Crippen molar-refractivity contribution in [1.82, 2.24) is 4.31 Å². The van der Waals surface area contributed by atoms with E-state index in [0.29, 0.717) is 30.1 Å². The van der Waals surface area contributed by atoms with Gasteiger partial charge in [0, 0.05) is 31.4 Å². The molecule has 0 bridgehead atoms. The van der Waals surface area contributed by atoms with Crippen molar-refractivity contribution in [3.05, 3.63) is 94.3 Å². The Labute approximate surface area is 198 Å². The van der Waals surface area contributed by atoms with Crippen LogP contribution in [0, 0.1) is 24.1 Å². The molecule has 4 rings (SSSR count). The zero-order valence-electron chi connectivity index (χ0n) is 18.1. The van der Waals surface area contributed by atoms with Gasteiger partial charge in [0.1, 0.15) is 11.9 Å². The third-order valence-corrected chi connectivity index (χ3v) is 8.18. The fourth-order valence-corrected chi connectivity index (χ4v) is 5.88. The molecule has 0 N–H and O–H groups in total. The van der Waals surface area contributed by atoms with E-state index in [4.69, 9.17) is 11.6 Å². The average molecular weight is 484 g/mol. The van der Waals surface area contributed by atoms with Crippen LogP contribution in [0.15, 0.2) is 71.6 Å². The van der Waals surface area contributed by atoms with Gasteiger partial charge in [-0.25, -0.2) is 12.8 Å². The van der Waals surface area contributed by atoms with Crippen LogP contribution in [0.25, 0.3) is 0 Å². The minimum absolute atomic E-state index is 0.0463. The van der Waals surface area contributed by atoms with Crippen LogP contribution >= 0.6 is 11.6 Å². The summed E-state index contributed by atoms with van der Waals surface area (Å²) in [5.74, 6) is -0.583. The van der Waals surface area contributed by atoms with Gasteiger partial charge in [0.15, 0.2) is 0 Å². The van der Waals surface area contributed by atoms with Crippen molar-refractivity contribution >= 4 is 27.3 Å². The Morgan fingerprint density at radius 3 is 2.64 bits per heavy atom. The fraction of sp³-hybridized carbons (Fsp3) is 0.240. The molecule has 1 atom stereocenters. The SMILES string of the molecule is Cc1ccccc1CN(c1ccc(C#N)c(Cl)c1)[C@H]1CCN(S(=O)(=O)c2cccc(F)c2)C1. The molecule has 0 aromatic heterocycles. The summed E-state index contributed by atoms with van der Waals surface area (Å²) in [4.78, 5) is 2.09. The predicted molar refractivity (Wildman–Crippen MR) is 127 cm³/mol. The van der Waals surface area contributed by atoms with E-state index < -0.39 is 15.8 Å². The Bertz CT molecular complexity index is 1320. The molecule has 0 amide bonds. The van der Waals surface area contributed by atoms with Crippen LogP contribution < -0.4 is 4.90 Å². The number of nitrogens with zero attached hydrogens (tertiary/aromatic N) is 3. The summed E-state index contributed by atoms with van der Waals surface area (Å²) in [6, 6.07) is 20.4. The van der Waals surface area contributed by atoms with Gasteiger partial charge >= 0.3 is 0 Å². The van der Waals surface area contributed by atoms with Crippen molar-refractivity contribution in [2.75, 3.05) is 18.0 Å². The van der Waals surface area contributed by atoms with Crippen molar-refractivity contribution < 1.29 is 12.8 Å². The molecular formula is C25H23ClFN3O2S. The molecule has 1 aliphatic rings. The molecule has 3 aromatic rings. The van der Waals surface area contributed by atoms with E-state index in [9.17, 15) is 18.1 Å². The first-order chi connectivity index (χ1) is 15.8. The standard InChI is InChI=1S/C25H23ClFN3O2S/c1-18-5-2-3-6-20(18)16-30(22-10-9-19(15-28)25(26)14-22)23-11-12-29(17-23)33(31,32)24-8-4-7-21(27)13-24/h2-10,13-14,23H,11-12,16-17H2,1H3/t23-/m0/s1. The second-order valence-electron chi connectivity index (χ2n) is 8.09. The third-order valence-electron chi connectivity index (χ3n) is 6.01. The quantitative estimate of drug-likeness (QED) is 0.487. The van der Waals surface area contributed by atoms with Crippen LogP contribution in [0.4, 0.5) is 10.1 Å². The van der Waals surface area contributed by atoms with Crippen LogP contribution in [0.3, 0.4) is 0 Å². The molecule has 3 aromatic carbocycles. The second-order valence-corrected chi connectivity index (χ2v) is 10.4. The minimum atomic E-state index is -3.81. The van der Waals surface area contributed by atoms with Gasteiger partial charge < -0.3 is 4.90 Å². The number of hydrogen-bond acceptors (Lipinski definition) is 4. The first-order valence-electron chi connectivity index (χ1n) is 10.6. The first-order valence-corrected chi connectivity index (χ1v) is 12.4. The minimum Gasteiger partial charge on any atom is -0.363 e. The lowest BCUT2D eigenvalue weighted by Crippen LogP contribution is -2.38. The predicted octanol–water partition coefficient (Wildman–Crippen LogP) is 5.13. The first kappa shape index (κ1) is 23.2. The third kappa shape index (κ3) is 4.88. The van der Waals surface area contributed by atoms with Gasteiger partial charge in [0.05, 0.1) is 15.5 Å². The lowest BCUT2D eigenvalue weighted by Gasteiger charge is -2.32. The van der Waals surface area contributed by atoms with Crippen LogP contribution in [0.1, 0.15) is 23.1 Å². The van der Waals surface area contributed by atoms with E-state index in [1.165, 1.54) is 22.5 Å². The molecule has 170 valence electrons. The van der Waals surface area contributed by atoms with Crippen molar-refractivity contribution in [3.63, 3.8) is 0 Å². The molecule has 0 saturated carbocycles. The number of aryl methyl sites for hydroxylation is 1. The van der Waals surface area contributed by atoms with E-state index >= 15 is 0 Å². The second kappa shape index (κ2) is 9.52. The zero-order chi connectivity index (χ0) is 23.6. The molecule has 1 aliphatic heterocycles. The lowest BCUT2D eigenvalue weighted by atomic mass is 10.1. The number of sulfonamides is 1. The topological polar surface area (TPSA) is 64.4 Å². The highest BCUT2D eigenvalue weighted by Crippen LogP contribution is 2.31. The number of hydrogen-bond donors (Lipinski definition) is 0. The summed E-state index contributed by atoms with van der Waals surface area (Å²) in [7, 11) is -3.81. The number of nitriles is 1. The molecule has 8 heteroatoms. The highest BCUT2D eigenvalue weighted by atomic mass is 35.5. The van der Waals surface area contributed by atoms with Crippen molar-refractivity contribution in [2.45, 2.75) is 30.8 Å². The lowest BCUT2D eigenvalue weighted by molar-refractivity contribution is 0.467. The number of rotatable bonds is 6. The monoisotopic (exact) mass is 483 g/mol. The van der Waals surface area contributed by atoms with Crippen molar-refractivity contribution in [1.29, 1.82) is 5.26 Å². The molecule has 1 heterocycles. The summed E-state index contributed by atoms with van der Waals surface area (Å²) in [5.41, 5.74) is 3.45. The number of benzene rings is 3. The Balaban J connectivity index is 1.66. The largest absolute Gasteiger partial charge is 0.363 e. The maximum Gasteiger partial charge on any atom is 0.243 e. The van der Waals surface area contributed by atoms with Gasteiger partial charge in [0.25, 0.3) is 0 Å². The number of halogens is 2. The van der Waals surface area contributed by atoms with E-state index in [2.05, 4.69) is 11.0 Å².